The predicted octanol–water partition coefficient (Wildman–Crippen LogP) is 5.11. The van der Waals surface area contributed by atoms with E-state index in [9.17, 15) is 4.79 Å². The van der Waals surface area contributed by atoms with Gasteiger partial charge in [0.1, 0.15) is 0 Å². The van der Waals surface area contributed by atoms with Crippen molar-refractivity contribution in [1.29, 1.82) is 0 Å². The lowest BCUT2D eigenvalue weighted by molar-refractivity contribution is -0.143. The number of esters is 1. The smallest absolute Gasteiger partial charge is 0.305 e. The summed E-state index contributed by atoms with van der Waals surface area (Å²) in [6, 6.07) is 0. The van der Waals surface area contributed by atoms with E-state index in [1.165, 1.54) is 51.4 Å². The summed E-state index contributed by atoms with van der Waals surface area (Å²) in [7, 11) is 0. The van der Waals surface area contributed by atoms with Crippen LogP contribution in [0.1, 0.15) is 85.0 Å². The van der Waals surface area contributed by atoms with Gasteiger partial charge in [-0.25, -0.2) is 0 Å². The van der Waals surface area contributed by atoms with E-state index in [1.54, 1.807) is 0 Å². The van der Waals surface area contributed by atoms with Crippen LogP contribution < -0.4 is 0 Å². The highest BCUT2D eigenvalue weighted by Gasteiger charge is 1.98. The molecule has 0 aromatic rings. The monoisotopic (exact) mass is 256 g/mol. The van der Waals surface area contributed by atoms with Crippen molar-refractivity contribution in [2.75, 3.05) is 6.61 Å². The summed E-state index contributed by atoms with van der Waals surface area (Å²) in [4.78, 5) is 10.9. The van der Waals surface area contributed by atoms with Crippen molar-refractivity contribution in [3.8, 4) is 0 Å². The van der Waals surface area contributed by atoms with Gasteiger partial charge in [-0.2, -0.15) is 0 Å². The number of rotatable bonds is 12. The van der Waals surface area contributed by atoms with Crippen molar-refractivity contribution in [2.24, 2.45) is 5.92 Å². The molecule has 0 spiro atoms. The fraction of sp³-hybridized carbons (Fsp3) is 0.938. The first kappa shape index (κ1) is 17.5. The molecule has 0 aliphatic heterocycles. The van der Waals surface area contributed by atoms with Crippen LogP contribution in [-0.2, 0) is 9.53 Å². The summed E-state index contributed by atoms with van der Waals surface area (Å²) in [5.41, 5.74) is 0. The molecule has 0 aliphatic carbocycles. The number of ether oxygens (including phenoxy) is 1. The van der Waals surface area contributed by atoms with Gasteiger partial charge >= 0.3 is 5.97 Å². The Balaban J connectivity index is 3.01. The third kappa shape index (κ3) is 13.5. The van der Waals surface area contributed by atoms with E-state index in [4.69, 9.17) is 4.74 Å². The largest absolute Gasteiger partial charge is 0.466 e. The molecule has 18 heavy (non-hydrogen) atoms. The van der Waals surface area contributed by atoms with Gasteiger partial charge in [-0.3, -0.25) is 4.79 Å². The van der Waals surface area contributed by atoms with Crippen LogP contribution in [0.5, 0.6) is 0 Å². The van der Waals surface area contributed by atoms with Crippen molar-refractivity contribution >= 4 is 5.97 Å². The standard InChI is InChI=1S/C16H32O2/c1-4-16(17)18-14-12-10-8-6-5-7-9-11-13-15(2)3/h15H,4-14H2,1-3H3. The average Bonchev–Trinajstić information content (AvgIpc) is 2.35. The lowest BCUT2D eigenvalue weighted by Gasteiger charge is -2.05. The third-order valence-corrected chi connectivity index (χ3v) is 3.23. The van der Waals surface area contributed by atoms with E-state index in [0.29, 0.717) is 13.0 Å². The molecule has 0 aliphatic rings. The number of carbonyl (C=O) groups is 1. The molecule has 0 bridgehead atoms. The Hall–Kier alpha value is -0.530. The summed E-state index contributed by atoms with van der Waals surface area (Å²) in [6.07, 6.45) is 12.3. The second-order valence-corrected chi connectivity index (χ2v) is 5.58. The highest BCUT2D eigenvalue weighted by molar-refractivity contribution is 5.68. The Morgan fingerprint density at radius 1 is 0.889 bits per heavy atom. The van der Waals surface area contributed by atoms with E-state index in [0.717, 1.165) is 12.3 Å². The highest BCUT2D eigenvalue weighted by Crippen LogP contribution is 2.12. The van der Waals surface area contributed by atoms with Crippen LogP contribution in [0.4, 0.5) is 0 Å². The fourth-order valence-corrected chi connectivity index (χ4v) is 2.00. The normalized spacial score (nSPS) is 10.9. The average molecular weight is 256 g/mol. The maximum absolute atomic E-state index is 10.9. The van der Waals surface area contributed by atoms with Crippen molar-refractivity contribution < 1.29 is 9.53 Å². The maximum atomic E-state index is 10.9. The molecule has 0 radical (unpaired) electrons. The first-order valence-electron chi connectivity index (χ1n) is 7.82. The van der Waals surface area contributed by atoms with Crippen LogP contribution in [0.25, 0.3) is 0 Å². The zero-order valence-electron chi connectivity index (χ0n) is 12.7. The Morgan fingerprint density at radius 2 is 1.39 bits per heavy atom. The quantitative estimate of drug-likeness (QED) is 0.358. The molecule has 0 aromatic carbocycles. The maximum Gasteiger partial charge on any atom is 0.305 e. The van der Waals surface area contributed by atoms with Gasteiger partial charge in [0.2, 0.25) is 0 Å². The number of hydrogen-bond acceptors (Lipinski definition) is 2. The summed E-state index contributed by atoms with van der Waals surface area (Å²) in [6.45, 7) is 7.04. The first-order valence-corrected chi connectivity index (χ1v) is 7.82. The molecule has 2 heteroatoms. The van der Waals surface area contributed by atoms with Gasteiger partial charge in [0.05, 0.1) is 6.61 Å². The molecular formula is C16H32O2. The lowest BCUT2D eigenvalue weighted by atomic mass is 10.0. The molecule has 0 N–H and O–H groups in total. The zero-order valence-corrected chi connectivity index (χ0v) is 12.7. The molecular weight excluding hydrogens is 224 g/mol. The van der Waals surface area contributed by atoms with Gasteiger partial charge in [-0.1, -0.05) is 72.1 Å². The molecule has 0 saturated heterocycles. The summed E-state index contributed by atoms with van der Waals surface area (Å²) in [5.74, 6) is 0.788. The SMILES string of the molecule is CCC(=O)OCCCCCCCCCCC(C)C. The van der Waals surface area contributed by atoms with Gasteiger partial charge in [-0.05, 0) is 12.3 Å². The van der Waals surface area contributed by atoms with E-state index < -0.39 is 0 Å². The first-order chi connectivity index (χ1) is 8.66. The van der Waals surface area contributed by atoms with Crippen LogP contribution in [0.2, 0.25) is 0 Å². The van der Waals surface area contributed by atoms with Crippen molar-refractivity contribution in [3.63, 3.8) is 0 Å². The van der Waals surface area contributed by atoms with Crippen molar-refractivity contribution in [3.05, 3.63) is 0 Å². The second-order valence-electron chi connectivity index (χ2n) is 5.58. The van der Waals surface area contributed by atoms with Gasteiger partial charge in [0.15, 0.2) is 0 Å². The number of hydrogen-bond donors (Lipinski definition) is 0. The van der Waals surface area contributed by atoms with Gasteiger partial charge < -0.3 is 4.74 Å². The van der Waals surface area contributed by atoms with E-state index in [-0.39, 0.29) is 5.97 Å². The fourth-order valence-electron chi connectivity index (χ4n) is 2.00. The molecule has 0 heterocycles. The van der Waals surface area contributed by atoms with E-state index in [1.807, 2.05) is 6.92 Å². The minimum Gasteiger partial charge on any atom is -0.466 e. The molecule has 0 atom stereocenters. The summed E-state index contributed by atoms with van der Waals surface area (Å²) in [5, 5.41) is 0. The molecule has 0 rings (SSSR count). The van der Waals surface area contributed by atoms with Gasteiger partial charge in [0, 0.05) is 6.42 Å². The Labute approximate surface area is 113 Å². The van der Waals surface area contributed by atoms with Crippen LogP contribution in [0.3, 0.4) is 0 Å². The second kappa shape index (κ2) is 12.9. The Bertz CT molecular complexity index is 188. The van der Waals surface area contributed by atoms with Gasteiger partial charge in [-0.15, -0.1) is 0 Å². The van der Waals surface area contributed by atoms with Crippen LogP contribution in [0, 0.1) is 5.92 Å². The number of unbranched alkanes of at least 4 members (excludes halogenated alkanes) is 7. The summed E-state index contributed by atoms with van der Waals surface area (Å²) >= 11 is 0. The Morgan fingerprint density at radius 3 is 1.89 bits per heavy atom. The molecule has 0 aromatic heterocycles. The minimum absolute atomic E-state index is 0.0693. The van der Waals surface area contributed by atoms with Crippen LogP contribution >= 0.6 is 0 Å². The molecule has 0 fully saturated rings. The Kier molecular flexibility index (Phi) is 12.5. The van der Waals surface area contributed by atoms with Crippen molar-refractivity contribution in [1.82, 2.24) is 0 Å². The molecule has 0 unspecified atom stereocenters. The van der Waals surface area contributed by atoms with Crippen LogP contribution in [0.15, 0.2) is 0 Å². The minimum atomic E-state index is -0.0693. The number of carbonyl (C=O) groups excluding carboxylic acids is 1. The predicted molar refractivity (Wildman–Crippen MR) is 77.6 cm³/mol. The van der Waals surface area contributed by atoms with E-state index in [2.05, 4.69) is 13.8 Å². The van der Waals surface area contributed by atoms with Gasteiger partial charge in [0.25, 0.3) is 0 Å². The van der Waals surface area contributed by atoms with Crippen molar-refractivity contribution in [2.45, 2.75) is 85.0 Å². The molecule has 2 nitrogen and oxygen atoms in total. The topological polar surface area (TPSA) is 26.3 Å². The van der Waals surface area contributed by atoms with Crippen LogP contribution in [-0.4, -0.2) is 12.6 Å². The third-order valence-electron chi connectivity index (χ3n) is 3.23. The lowest BCUT2D eigenvalue weighted by Crippen LogP contribution is -2.03. The molecule has 108 valence electrons. The highest BCUT2D eigenvalue weighted by atomic mass is 16.5. The molecule has 0 amide bonds. The van der Waals surface area contributed by atoms with E-state index >= 15 is 0 Å². The zero-order chi connectivity index (χ0) is 13.6. The summed E-state index contributed by atoms with van der Waals surface area (Å²) < 4.78 is 5.03. The molecule has 0 saturated carbocycles.